The van der Waals surface area contributed by atoms with Crippen molar-refractivity contribution in [2.75, 3.05) is 0 Å². The van der Waals surface area contributed by atoms with Gasteiger partial charge in [0.25, 0.3) is 0 Å². The van der Waals surface area contributed by atoms with Gasteiger partial charge in [-0.2, -0.15) is 0 Å². The molecule has 1 aliphatic carbocycles. The Labute approximate surface area is 162 Å². The summed E-state index contributed by atoms with van der Waals surface area (Å²) in [7, 11) is -0.998. The molecule has 1 saturated heterocycles. The van der Waals surface area contributed by atoms with Crippen LogP contribution in [0.25, 0.3) is 6.08 Å². The third-order valence-electron chi connectivity index (χ3n) is 6.59. The number of aromatic nitrogens is 3. The first-order chi connectivity index (χ1) is 12.4. The molecule has 27 heavy (non-hydrogen) atoms. The number of rotatable bonds is 3. The van der Waals surface area contributed by atoms with Crippen LogP contribution in [0, 0.1) is 11.3 Å². The zero-order chi connectivity index (χ0) is 20.0. The van der Waals surface area contributed by atoms with E-state index in [1.165, 1.54) is 18.9 Å². The number of hydrogen-bond donors (Lipinski definition) is 0. The van der Waals surface area contributed by atoms with E-state index >= 15 is 0 Å². The summed E-state index contributed by atoms with van der Waals surface area (Å²) in [6.07, 6.45) is 7.77. The Bertz CT molecular complexity index is 684. The van der Waals surface area contributed by atoms with Crippen molar-refractivity contribution in [3.63, 3.8) is 0 Å². The van der Waals surface area contributed by atoms with E-state index in [1.807, 2.05) is 38.6 Å². The minimum absolute atomic E-state index is 0.346. The van der Waals surface area contributed by atoms with Crippen molar-refractivity contribution in [1.82, 2.24) is 15.0 Å². The SMILES string of the molecule is CC(C)(C)C1CCC(n2cc(C=C(F)B3OC(C)(C)C(C)(C)O3)nn2)CC1. The molecule has 3 rings (SSSR count). The van der Waals surface area contributed by atoms with E-state index in [2.05, 4.69) is 31.1 Å². The predicted octanol–water partition coefficient (Wildman–Crippen LogP) is 5.00. The summed E-state index contributed by atoms with van der Waals surface area (Å²) in [5, 5.41) is 8.37. The standard InChI is InChI=1S/C20H33BFN3O2/c1-18(2,3)14-8-10-16(11-9-14)25-13-15(23-24-25)12-17(22)21-26-19(4,5)20(6,7)27-21/h12-14,16H,8-11H2,1-7H3. The number of nitrogens with zero attached hydrogens (tertiary/aromatic N) is 3. The smallest absolute Gasteiger partial charge is 0.398 e. The maximum absolute atomic E-state index is 14.6. The maximum Gasteiger partial charge on any atom is 0.525 e. The van der Waals surface area contributed by atoms with E-state index < -0.39 is 24.0 Å². The Morgan fingerprint density at radius 3 is 2.22 bits per heavy atom. The molecule has 150 valence electrons. The van der Waals surface area contributed by atoms with Crippen LogP contribution >= 0.6 is 0 Å². The van der Waals surface area contributed by atoms with Gasteiger partial charge < -0.3 is 9.31 Å². The van der Waals surface area contributed by atoms with Crippen LogP contribution in [0.1, 0.15) is 85.9 Å². The van der Waals surface area contributed by atoms with Gasteiger partial charge in [0.2, 0.25) is 0 Å². The van der Waals surface area contributed by atoms with Gasteiger partial charge in [-0.3, -0.25) is 0 Å². The second-order valence-electron chi connectivity index (χ2n) is 10.1. The van der Waals surface area contributed by atoms with Gasteiger partial charge >= 0.3 is 7.12 Å². The van der Waals surface area contributed by atoms with Crippen molar-refractivity contribution in [1.29, 1.82) is 0 Å². The molecule has 7 heteroatoms. The first-order valence-electron chi connectivity index (χ1n) is 10.0. The largest absolute Gasteiger partial charge is 0.525 e. The van der Waals surface area contributed by atoms with Crippen molar-refractivity contribution in [2.45, 2.75) is 91.4 Å². The average Bonchev–Trinajstić information content (AvgIpc) is 3.09. The fourth-order valence-corrected chi connectivity index (χ4v) is 3.91. The second kappa shape index (κ2) is 7.00. The lowest BCUT2D eigenvalue weighted by Crippen LogP contribution is -2.41. The molecular formula is C20H33BFN3O2. The molecule has 0 bridgehead atoms. The molecule has 0 radical (unpaired) electrons. The average molecular weight is 377 g/mol. The Hall–Kier alpha value is -1.21. The third-order valence-corrected chi connectivity index (χ3v) is 6.59. The normalized spacial score (nSPS) is 28.6. The Kier molecular flexibility index (Phi) is 5.32. The third kappa shape index (κ3) is 4.29. The maximum atomic E-state index is 14.6. The summed E-state index contributed by atoms with van der Waals surface area (Å²) in [4.78, 5) is 0. The molecule has 1 saturated carbocycles. The molecule has 2 aliphatic rings. The number of halogens is 1. The van der Waals surface area contributed by atoms with Gasteiger partial charge in [0.05, 0.1) is 23.4 Å². The Balaban J connectivity index is 1.64. The van der Waals surface area contributed by atoms with Crippen LogP contribution in [0.15, 0.2) is 11.9 Å². The first kappa shape index (κ1) is 20.5. The van der Waals surface area contributed by atoms with Crippen LogP contribution in [0.3, 0.4) is 0 Å². The quantitative estimate of drug-likeness (QED) is 0.696. The molecule has 0 atom stereocenters. The number of hydrogen-bond acceptors (Lipinski definition) is 4. The van der Waals surface area contributed by atoms with Gasteiger partial charge in [-0.1, -0.05) is 26.0 Å². The second-order valence-corrected chi connectivity index (χ2v) is 10.1. The Morgan fingerprint density at radius 1 is 1.15 bits per heavy atom. The minimum Gasteiger partial charge on any atom is -0.398 e. The molecular weight excluding hydrogens is 344 g/mol. The summed E-state index contributed by atoms with van der Waals surface area (Å²) in [6.45, 7) is 14.6. The van der Waals surface area contributed by atoms with Crippen molar-refractivity contribution < 1.29 is 13.7 Å². The highest BCUT2D eigenvalue weighted by atomic mass is 19.1. The highest BCUT2D eigenvalue weighted by Crippen LogP contribution is 2.41. The molecule has 1 aromatic rings. The van der Waals surface area contributed by atoms with Gasteiger partial charge in [0.15, 0.2) is 0 Å². The highest BCUT2D eigenvalue weighted by Gasteiger charge is 2.53. The van der Waals surface area contributed by atoms with Crippen LogP contribution in [-0.2, 0) is 9.31 Å². The van der Waals surface area contributed by atoms with E-state index in [0.29, 0.717) is 17.2 Å². The van der Waals surface area contributed by atoms with Gasteiger partial charge in [0, 0.05) is 0 Å². The predicted molar refractivity (Wildman–Crippen MR) is 106 cm³/mol. The van der Waals surface area contributed by atoms with Gasteiger partial charge in [0.1, 0.15) is 11.4 Å². The fourth-order valence-electron chi connectivity index (χ4n) is 3.91. The van der Waals surface area contributed by atoms with Crippen molar-refractivity contribution in [3.05, 3.63) is 17.6 Å². The lowest BCUT2D eigenvalue weighted by molar-refractivity contribution is 0.00578. The topological polar surface area (TPSA) is 49.2 Å². The van der Waals surface area contributed by atoms with Crippen molar-refractivity contribution in [3.8, 4) is 0 Å². The van der Waals surface area contributed by atoms with Crippen LogP contribution in [0.4, 0.5) is 4.39 Å². The zero-order valence-electron chi connectivity index (χ0n) is 17.8. The molecule has 0 aromatic carbocycles. The van der Waals surface area contributed by atoms with Gasteiger partial charge in [-0.25, -0.2) is 9.07 Å². The summed E-state index contributed by atoms with van der Waals surface area (Å²) in [6, 6.07) is 0.346. The zero-order valence-corrected chi connectivity index (χ0v) is 17.8. The van der Waals surface area contributed by atoms with E-state index in [1.54, 1.807) is 0 Å². The molecule has 2 fully saturated rings. The molecule has 0 spiro atoms. The summed E-state index contributed by atoms with van der Waals surface area (Å²) in [5.74, 6) is 0.748. The van der Waals surface area contributed by atoms with Gasteiger partial charge in [-0.15, -0.1) is 5.10 Å². The van der Waals surface area contributed by atoms with Crippen molar-refractivity contribution in [2.24, 2.45) is 11.3 Å². The van der Waals surface area contributed by atoms with E-state index in [0.717, 1.165) is 18.8 Å². The molecule has 5 nitrogen and oxygen atoms in total. The van der Waals surface area contributed by atoms with E-state index in [4.69, 9.17) is 9.31 Å². The highest BCUT2D eigenvalue weighted by molar-refractivity contribution is 6.54. The summed E-state index contributed by atoms with van der Waals surface area (Å²) >= 11 is 0. The minimum atomic E-state index is -0.998. The monoisotopic (exact) mass is 377 g/mol. The van der Waals surface area contributed by atoms with Crippen LogP contribution in [0.5, 0.6) is 0 Å². The Morgan fingerprint density at radius 2 is 1.70 bits per heavy atom. The molecule has 0 unspecified atom stereocenters. The van der Waals surface area contributed by atoms with Crippen LogP contribution in [-0.4, -0.2) is 33.3 Å². The van der Waals surface area contributed by atoms with Gasteiger partial charge in [-0.05, 0) is 70.8 Å². The lowest BCUT2D eigenvalue weighted by atomic mass is 9.71. The molecule has 1 aromatic heterocycles. The van der Waals surface area contributed by atoms with Crippen molar-refractivity contribution >= 4 is 13.2 Å². The molecule has 1 aliphatic heterocycles. The molecule has 2 heterocycles. The molecule has 0 amide bonds. The fraction of sp³-hybridized carbons (Fsp3) is 0.800. The first-order valence-corrected chi connectivity index (χ1v) is 10.0. The molecule has 0 N–H and O–H groups in total. The summed E-state index contributed by atoms with van der Waals surface area (Å²) in [5.41, 5.74) is -0.747. The van der Waals surface area contributed by atoms with Crippen LogP contribution < -0.4 is 0 Å². The van der Waals surface area contributed by atoms with E-state index in [-0.39, 0.29) is 0 Å². The lowest BCUT2D eigenvalue weighted by Gasteiger charge is -2.36. The summed E-state index contributed by atoms with van der Waals surface area (Å²) < 4.78 is 28.0. The van der Waals surface area contributed by atoms with Crippen LogP contribution in [0.2, 0.25) is 0 Å². The van der Waals surface area contributed by atoms with E-state index in [9.17, 15) is 4.39 Å².